The zero-order chi connectivity index (χ0) is 12.8. The average Bonchev–Trinajstić information content (AvgIpc) is 2.29. The Morgan fingerprint density at radius 1 is 1.53 bits per heavy atom. The average molecular weight is 239 g/mol. The Hall–Kier alpha value is -1.69. The molecule has 6 heteroatoms. The van der Waals surface area contributed by atoms with Gasteiger partial charge in [0, 0.05) is 25.9 Å². The molecule has 1 rings (SSSR count). The number of hydrogen-bond acceptors (Lipinski definition) is 5. The topological polar surface area (TPSA) is 75.5 Å². The zero-order valence-electron chi connectivity index (χ0n) is 10.3. The number of likely N-dealkylation sites (N-methyl/N-ethyl adjacent to an activating group) is 1. The van der Waals surface area contributed by atoms with E-state index in [1.807, 2.05) is 11.8 Å². The molecule has 0 unspecified atom stereocenters. The minimum atomic E-state index is -1.04. The van der Waals surface area contributed by atoms with E-state index in [1.165, 1.54) is 6.07 Å². The van der Waals surface area contributed by atoms with E-state index in [9.17, 15) is 4.79 Å². The van der Waals surface area contributed by atoms with Gasteiger partial charge in [0.05, 0.1) is 6.61 Å². The fourth-order valence-corrected chi connectivity index (χ4v) is 1.40. The van der Waals surface area contributed by atoms with Crippen molar-refractivity contribution < 1.29 is 14.6 Å². The number of ether oxygens (including phenoxy) is 1. The van der Waals surface area contributed by atoms with Gasteiger partial charge >= 0.3 is 5.97 Å². The van der Waals surface area contributed by atoms with Crippen molar-refractivity contribution in [3.05, 3.63) is 17.5 Å². The Bertz CT molecular complexity index is 396. The van der Waals surface area contributed by atoms with E-state index >= 15 is 0 Å². The van der Waals surface area contributed by atoms with Gasteiger partial charge in [-0.3, -0.25) is 0 Å². The minimum Gasteiger partial charge on any atom is -0.477 e. The summed E-state index contributed by atoms with van der Waals surface area (Å²) >= 11 is 0. The molecule has 1 aromatic heterocycles. The van der Waals surface area contributed by atoms with Crippen LogP contribution in [0.1, 0.15) is 23.1 Å². The highest BCUT2D eigenvalue weighted by atomic mass is 16.5. The minimum absolute atomic E-state index is 0.0170. The quantitative estimate of drug-likeness (QED) is 0.796. The SMILES string of the molecule is CCN(CCOC)c1nc(C)cc(C(=O)O)n1. The Labute approximate surface area is 100 Å². The maximum atomic E-state index is 10.9. The van der Waals surface area contributed by atoms with Crippen LogP contribution in [-0.2, 0) is 4.74 Å². The van der Waals surface area contributed by atoms with Gasteiger partial charge in [0.1, 0.15) is 0 Å². The number of rotatable bonds is 6. The van der Waals surface area contributed by atoms with Crippen molar-refractivity contribution in [3.8, 4) is 0 Å². The highest BCUT2D eigenvalue weighted by Crippen LogP contribution is 2.10. The fraction of sp³-hybridized carbons (Fsp3) is 0.545. The van der Waals surface area contributed by atoms with Gasteiger partial charge in [0.15, 0.2) is 5.69 Å². The van der Waals surface area contributed by atoms with Crippen LogP contribution in [0.15, 0.2) is 6.07 Å². The molecular formula is C11H17N3O3. The molecule has 0 atom stereocenters. The molecule has 0 radical (unpaired) electrons. The molecule has 0 aliphatic rings. The molecule has 6 nitrogen and oxygen atoms in total. The molecule has 0 saturated heterocycles. The molecule has 0 saturated carbocycles. The number of aryl methyl sites for hydroxylation is 1. The van der Waals surface area contributed by atoms with Gasteiger partial charge < -0.3 is 14.7 Å². The second-order valence-corrected chi connectivity index (χ2v) is 3.57. The lowest BCUT2D eigenvalue weighted by molar-refractivity contribution is 0.0690. The molecule has 0 aromatic carbocycles. The van der Waals surface area contributed by atoms with Gasteiger partial charge in [-0.15, -0.1) is 0 Å². The van der Waals surface area contributed by atoms with Gasteiger partial charge in [0.2, 0.25) is 5.95 Å². The summed E-state index contributed by atoms with van der Waals surface area (Å²) in [6, 6.07) is 1.45. The van der Waals surface area contributed by atoms with Crippen LogP contribution >= 0.6 is 0 Å². The predicted octanol–water partition coefficient (Wildman–Crippen LogP) is 0.956. The highest BCUT2D eigenvalue weighted by Gasteiger charge is 2.12. The summed E-state index contributed by atoms with van der Waals surface area (Å²) in [5, 5.41) is 8.93. The summed E-state index contributed by atoms with van der Waals surface area (Å²) < 4.78 is 4.99. The molecule has 0 aliphatic carbocycles. The van der Waals surface area contributed by atoms with Crippen molar-refractivity contribution in [2.24, 2.45) is 0 Å². The molecular weight excluding hydrogens is 222 g/mol. The van der Waals surface area contributed by atoms with Crippen LogP contribution in [0, 0.1) is 6.92 Å². The Morgan fingerprint density at radius 3 is 2.76 bits per heavy atom. The largest absolute Gasteiger partial charge is 0.477 e. The van der Waals surface area contributed by atoms with Crippen molar-refractivity contribution in [2.45, 2.75) is 13.8 Å². The van der Waals surface area contributed by atoms with Crippen LogP contribution in [0.4, 0.5) is 5.95 Å². The fourth-order valence-electron chi connectivity index (χ4n) is 1.40. The standard InChI is InChI=1S/C11H17N3O3/c1-4-14(5-6-17-3)11-12-8(2)7-9(13-11)10(15)16/h7H,4-6H2,1-3H3,(H,15,16). The summed E-state index contributed by atoms with van der Waals surface area (Å²) in [5.41, 5.74) is 0.659. The zero-order valence-corrected chi connectivity index (χ0v) is 10.3. The van der Waals surface area contributed by atoms with Crippen LogP contribution in [0.2, 0.25) is 0 Å². The van der Waals surface area contributed by atoms with Gasteiger partial charge in [0.25, 0.3) is 0 Å². The van der Waals surface area contributed by atoms with Crippen LogP contribution in [0.5, 0.6) is 0 Å². The highest BCUT2D eigenvalue weighted by molar-refractivity contribution is 5.85. The Kier molecular flexibility index (Phi) is 4.84. The first kappa shape index (κ1) is 13.4. The molecule has 0 amide bonds. The molecule has 0 aliphatic heterocycles. The predicted molar refractivity (Wildman–Crippen MR) is 63.5 cm³/mol. The summed E-state index contributed by atoms with van der Waals surface area (Å²) in [7, 11) is 1.62. The first-order valence-electron chi connectivity index (χ1n) is 5.41. The van der Waals surface area contributed by atoms with E-state index in [0.717, 1.165) is 0 Å². The molecule has 1 N–H and O–H groups in total. The number of anilines is 1. The van der Waals surface area contributed by atoms with Crippen LogP contribution in [0.3, 0.4) is 0 Å². The molecule has 0 fully saturated rings. The van der Waals surface area contributed by atoms with E-state index in [0.29, 0.717) is 31.3 Å². The molecule has 94 valence electrons. The summed E-state index contributed by atoms with van der Waals surface area (Å²) in [4.78, 5) is 21.0. The van der Waals surface area contributed by atoms with E-state index in [1.54, 1.807) is 14.0 Å². The number of aromatic nitrogens is 2. The third kappa shape index (κ3) is 3.67. The monoisotopic (exact) mass is 239 g/mol. The number of aromatic carboxylic acids is 1. The van der Waals surface area contributed by atoms with E-state index < -0.39 is 5.97 Å². The third-order valence-electron chi connectivity index (χ3n) is 2.29. The lowest BCUT2D eigenvalue weighted by atomic mass is 10.3. The lowest BCUT2D eigenvalue weighted by Crippen LogP contribution is -2.29. The maximum absolute atomic E-state index is 10.9. The Morgan fingerprint density at radius 2 is 2.24 bits per heavy atom. The van der Waals surface area contributed by atoms with E-state index in [4.69, 9.17) is 9.84 Å². The molecule has 1 aromatic rings. The summed E-state index contributed by atoms with van der Waals surface area (Å²) in [5.74, 6) is -0.610. The smallest absolute Gasteiger partial charge is 0.354 e. The molecule has 17 heavy (non-hydrogen) atoms. The van der Waals surface area contributed by atoms with Gasteiger partial charge in [-0.1, -0.05) is 0 Å². The molecule has 0 spiro atoms. The number of hydrogen-bond donors (Lipinski definition) is 1. The van der Waals surface area contributed by atoms with Crippen molar-refractivity contribution in [1.82, 2.24) is 9.97 Å². The third-order valence-corrected chi connectivity index (χ3v) is 2.29. The molecule has 1 heterocycles. The summed E-state index contributed by atoms with van der Waals surface area (Å²) in [6.45, 7) is 5.60. The normalized spacial score (nSPS) is 10.3. The van der Waals surface area contributed by atoms with Gasteiger partial charge in [-0.05, 0) is 19.9 Å². The van der Waals surface area contributed by atoms with Crippen molar-refractivity contribution in [1.29, 1.82) is 0 Å². The summed E-state index contributed by atoms with van der Waals surface area (Å²) in [6.07, 6.45) is 0. The number of carboxylic acid groups (broad SMARTS) is 1. The first-order valence-corrected chi connectivity index (χ1v) is 5.41. The van der Waals surface area contributed by atoms with E-state index in [2.05, 4.69) is 9.97 Å². The number of nitrogens with zero attached hydrogens (tertiary/aromatic N) is 3. The first-order chi connectivity index (χ1) is 8.08. The van der Waals surface area contributed by atoms with Gasteiger partial charge in [-0.2, -0.15) is 0 Å². The molecule has 0 bridgehead atoms. The second kappa shape index (κ2) is 6.15. The van der Waals surface area contributed by atoms with Crippen LogP contribution in [0.25, 0.3) is 0 Å². The number of methoxy groups -OCH3 is 1. The van der Waals surface area contributed by atoms with Crippen molar-refractivity contribution in [2.75, 3.05) is 31.7 Å². The second-order valence-electron chi connectivity index (χ2n) is 3.57. The van der Waals surface area contributed by atoms with Gasteiger partial charge in [-0.25, -0.2) is 14.8 Å². The van der Waals surface area contributed by atoms with Crippen molar-refractivity contribution in [3.63, 3.8) is 0 Å². The number of carbonyl (C=O) groups is 1. The van der Waals surface area contributed by atoms with Crippen LogP contribution < -0.4 is 4.90 Å². The van der Waals surface area contributed by atoms with Crippen molar-refractivity contribution >= 4 is 11.9 Å². The maximum Gasteiger partial charge on any atom is 0.354 e. The van der Waals surface area contributed by atoms with Crippen LogP contribution in [-0.4, -0.2) is 47.8 Å². The van der Waals surface area contributed by atoms with E-state index in [-0.39, 0.29) is 5.69 Å². The number of carboxylic acids is 1. The Balaban J connectivity index is 2.98. The lowest BCUT2D eigenvalue weighted by Gasteiger charge is -2.20.